The summed E-state index contributed by atoms with van der Waals surface area (Å²) in [6, 6.07) is 4.70. The van der Waals surface area contributed by atoms with Crippen LogP contribution in [-0.2, 0) is 15.6 Å². The summed E-state index contributed by atoms with van der Waals surface area (Å²) in [7, 11) is -4.33. The molecule has 120 valence electrons. The summed E-state index contributed by atoms with van der Waals surface area (Å²) >= 11 is 0. The van der Waals surface area contributed by atoms with E-state index in [9.17, 15) is 8.96 Å². The Labute approximate surface area is 129 Å². The summed E-state index contributed by atoms with van der Waals surface area (Å²) in [4.78, 5) is 0. The van der Waals surface area contributed by atoms with E-state index in [0.29, 0.717) is 18.1 Å². The zero-order valence-corrected chi connectivity index (χ0v) is 16.2. The van der Waals surface area contributed by atoms with Gasteiger partial charge in [-0.2, -0.15) is 0 Å². The lowest BCUT2D eigenvalue weighted by molar-refractivity contribution is 0.276. The zero-order valence-electron chi connectivity index (χ0n) is 14.3. The predicted octanol–water partition coefficient (Wildman–Crippen LogP) is 4.99. The Balaban J connectivity index is 2.99. The molecule has 2 nitrogen and oxygen atoms in total. The molecule has 0 saturated heterocycles. The van der Waals surface area contributed by atoms with Gasteiger partial charge in [-0.3, -0.25) is 0 Å². The zero-order chi connectivity index (χ0) is 16.5. The van der Waals surface area contributed by atoms with Crippen LogP contribution in [0.5, 0.6) is 0 Å². The third kappa shape index (κ3) is 4.77. The van der Waals surface area contributed by atoms with Crippen molar-refractivity contribution in [3.05, 3.63) is 29.6 Å². The smallest absolute Gasteiger partial charge is 0.192 e. The summed E-state index contributed by atoms with van der Waals surface area (Å²) in [5, 5.41) is 0.728. The summed E-state index contributed by atoms with van der Waals surface area (Å²) in [6.45, 7) is 14.8. The molecule has 0 heterocycles. The number of halogens is 1. The highest BCUT2D eigenvalue weighted by molar-refractivity contribution is 7.70. The molecule has 0 fully saturated rings. The first-order valence-electron chi connectivity index (χ1n) is 7.39. The lowest BCUT2D eigenvalue weighted by Gasteiger charge is -2.36. The van der Waals surface area contributed by atoms with Gasteiger partial charge in [0.1, 0.15) is 13.0 Å². The van der Waals surface area contributed by atoms with E-state index in [1.807, 2.05) is 13.0 Å². The molecule has 0 N–H and O–H groups in total. The van der Waals surface area contributed by atoms with Crippen LogP contribution < -0.4 is 5.30 Å². The van der Waals surface area contributed by atoms with Crippen LogP contribution in [0.4, 0.5) is 4.39 Å². The maximum atomic E-state index is 13.8. The SMILES string of the molecule is CCP(C)(=O)c1cc(F)cc(CO[Si](C)(C)C(C)(C)C)c1. The van der Waals surface area contributed by atoms with Gasteiger partial charge >= 0.3 is 0 Å². The summed E-state index contributed by atoms with van der Waals surface area (Å²) in [6.07, 6.45) is 0.541. The van der Waals surface area contributed by atoms with Crippen LogP contribution in [-0.4, -0.2) is 21.1 Å². The summed E-state index contributed by atoms with van der Waals surface area (Å²) in [5.74, 6) is -0.336. The van der Waals surface area contributed by atoms with Gasteiger partial charge in [-0.15, -0.1) is 0 Å². The van der Waals surface area contributed by atoms with Crippen molar-refractivity contribution in [1.82, 2.24) is 0 Å². The Hall–Kier alpha value is -0.443. The summed E-state index contributed by atoms with van der Waals surface area (Å²) < 4.78 is 32.4. The van der Waals surface area contributed by atoms with Gasteiger partial charge in [0, 0.05) is 11.5 Å². The second kappa shape index (κ2) is 6.35. The van der Waals surface area contributed by atoms with Gasteiger partial charge in [-0.1, -0.05) is 27.7 Å². The van der Waals surface area contributed by atoms with Crippen LogP contribution in [0.3, 0.4) is 0 Å². The normalized spacial score (nSPS) is 15.8. The molecule has 5 heteroatoms. The maximum absolute atomic E-state index is 13.8. The van der Waals surface area contributed by atoms with Gasteiger partial charge in [0.25, 0.3) is 0 Å². The van der Waals surface area contributed by atoms with E-state index in [-0.39, 0.29) is 10.9 Å². The third-order valence-corrected chi connectivity index (χ3v) is 11.5. The lowest BCUT2D eigenvalue weighted by Crippen LogP contribution is -2.40. The van der Waals surface area contributed by atoms with Crippen LogP contribution in [0, 0.1) is 5.82 Å². The largest absolute Gasteiger partial charge is 0.413 e. The topological polar surface area (TPSA) is 26.3 Å². The molecule has 0 aromatic heterocycles. The van der Waals surface area contributed by atoms with Crippen molar-refractivity contribution in [3.63, 3.8) is 0 Å². The van der Waals surface area contributed by atoms with Crippen molar-refractivity contribution in [2.45, 2.75) is 52.4 Å². The molecule has 1 aromatic carbocycles. The Kier molecular flexibility index (Phi) is 5.63. The molecule has 0 saturated carbocycles. The number of rotatable bonds is 5. The van der Waals surface area contributed by atoms with Crippen LogP contribution in [0.2, 0.25) is 18.1 Å². The molecule has 0 amide bonds. The van der Waals surface area contributed by atoms with E-state index in [4.69, 9.17) is 4.43 Å². The van der Waals surface area contributed by atoms with E-state index >= 15 is 0 Å². The monoisotopic (exact) mass is 330 g/mol. The van der Waals surface area contributed by atoms with E-state index in [1.54, 1.807) is 6.66 Å². The lowest BCUT2D eigenvalue weighted by atomic mass is 10.2. The first-order chi connectivity index (χ1) is 9.39. The molecule has 0 aliphatic carbocycles. The minimum atomic E-state index is -2.46. The molecule has 1 atom stereocenters. The molecule has 0 spiro atoms. The Morgan fingerprint density at radius 1 is 1.24 bits per heavy atom. The van der Waals surface area contributed by atoms with Crippen LogP contribution in [0.1, 0.15) is 33.3 Å². The van der Waals surface area contributed by atoms with Gasteiger partial charge in [0.15, 0.2) is 8.32 Å². The van der Waals surface area contributed by atoms with Crippen molar-refractivity contribution in [2.75, 3.05) is 12.8 Å². The Morgan fingerprint density at radius 2 is 1.81 bits per heavy atom. The number of hydrogen-bond acceptors (Lipinski definition) is 2. The Bertz CT molecular complexity index is 550. The second-order valence-electron chi connectivity index (χ2n) is 7.28. The average Bonchev–Trinajstić information content (AvgIpc) is 2.34. The molecule has 0 aliphatic rings. The molecular formula is C16H28FO2PSi. The van der Waals surface area contributed by atoms with Gasteiger partial charge in [-0.25, -0.2) is 4.39 Å². The van der Waals surface area contributed by atoms with Gasteiger partial charge < -0.3 is 8.99 Å². The number of benzene rings is 1. The van der Waals surface area contributed by atoms with Crippen molar-refractivity contribution in [3.8, 4) is 0 Å². The first kappa shape index (κ1) is 18.6. The van der Waals surface area contributed by atoms with Gasteiger partial charge in [0.05, 0.1) is 6.61 Å². The van der Waals surface area contributed by atoms with Crippen molar-refractivity contribution in [2.24, 2.45) is 0 Å². The standard InChI is InChI=1S/C16H28FO2PSi/c1-8-20(5,18)15-10-13(9-14(17)11-15)12-19-21(6,7)16(2,3)4/h9-11H,8,12H2,1-7H3. The van der Waals surface area contributed by atoms with Crippen molar-refractivity contribution >= 4 is 20.8 Å². The Morgan fingerprint density at radius 3 is 2.29 bits per heavy atom. The molecule has 1 aromatic rings. The summed E-state index contributed by atoms with van der Waals surface area (Å²) in [5.41, 5.74) is 0.769. The highest BCUT2D eigenvalue weighted by Gasteiger charge is 2.37. The molecule has 0 aliphatic heterocycles. The molecular weight excluding hydrogens is 302 g/mol. The first-order valence-corrected chi connectivity index (χ1v) is 12.6. The van der Waals surface area contributed by atoms with Crippen molar-refractivity contribution in [1.29, 1.82) is 0 Å². The molecule has 0 bridgehead atoms. The van der Waals surface area contributed by atoms with Crippen LogP contribution in [0.25, 0.3) is 0 Å². The fourth-order valence-electron chi connectivity index (χ4n) is 1.65. The van der Waals surface area contributed by atoms with Crippen LogP contribution in [0.15, 0.2) is 18.2 Å². The second-order valence-corrected chi connectivity index (χ2v) is 15.4. The minimum absolute atomic E-state index is 0.118. The number of hydrogen-bond donors (Lipinski definition) is 0. The minimum Gasteiger partial charge on any atom is -0.413 e. The predicted molar refractivity (Wildman–Crippen MR) is 92.1 cm³/mol. The fourth-order valence-corrected chi connectivity index (χ4v) is 3.81. The molecule has 1 rings (SSSR count). The van der Waals surface area contributed by atoms with Crippen molar-refractivity contribution < 1.29 is 13.4 Å². The molecule has 1 unspecified atom stereocenters. The van der Waals surface area contributed by atoms with E-state index < -0.39 is 15.5 Å². The molecule has 0 radical (unpaired) electrons. The average molecular weight is 330 g/mol. The maximum Gasteiger partial charge on any atom is 0.192 e. The third-order valence-electron chi connectivity index (χ3n) is 4.50. The highest BCUT2D eigenvalue weighted by Crippen LogP contribution is 2.40. The van der Waals surface area contributed by atoms with Crippen LogP contribution >= 0.6 is 7.14 Å². The molecule has 21 heavy (non-hydrogen) atoms. The van der Waals surface area contributed by atoms with Gasteiger partial charge in [0.2, 0.25) is 0 Å². The quantitative estimate of drug-likeness (QED) is 0.562. The fraction of sp³-hybridized carbons (Fsp3) is 0.625. The van der Waals surface area contributed by atoms with E-state index in [2.05, 4.69) is 33.9 Å². The van der Waals surface area contributed by atoms with E-state index in [1.165, 1.54) is 12.1 Å². The van der Waals surface area contributed by atoms with E-state index in [0.717, 1.165) is 5.56 Å². The van der Waals surface area contributed by atoms with Gasteiger partial charge in [-0.05, 0) is 48.6 Å². The highest BCUT2D eigenvalue weighted by atomic mass is 31.2.